The molecule has 0 aromatic heterocycles. The second-order valence-electron chi connectivity index (χ2n) is 7.73. The number of alkyl halides is 3. The summed E-state index contributed by atoms with van der Waals surface area (Å²) in [5, 5.41) is 14.2. The van der Waals surface area contributed by atoms with Crippen molar-refractivity contribution in [1.82, 2.24) is 10.6 Å². The third-order valence-corrected chi connectivity index (χ3v) is 4.77. The van der Waals surface area contributed by atoms with Gasteiger partial charge in [-0.1, -0.05) is 56.3 Å². The monoisotopic (exact) mass is 466 g/mol. The molecule has 0 fully saturated rings. The Balaban J connectivity index is 2.00. The third kappa shape index (κ3) is 8.13. The van der Waals surface area contributed by atoms with Crippen LogP contribution in [0, 0.1) is 5.92 Å². The minimum Gasteiger partial charge on any atom is -0.480 e. The van der Waals surface area contributed by atoms with E-state index in [0.717, 1.165) is 29.8 Å². The lowest BCUT2D eigenvalue weighted by molar-refractivity contribution is -0.142. The number of hydrogen-bond donors (Lipinski definition) is 3. The van der Waals surface area contributed by atoms with Crippen molar-refractivity contribution in [3.63, 3.8) is 0 Å². The summed E-state index contributed by atoms with van der Waals surface area (Å²) in [7, 11) is 0. The molecule has 2 aromatic carbocycles. The summed E-state index contributed by atoms with van der Waals surface area (Å²) < 4.78 is 43.2. The zero-order valence-corrected chi connectivity index (χ0v) is 18.1. The minimum absolute atomic E-state index is 0.00915. The lowest BCUT2D eigenvalue weighted by atomic mass is 10.0. The van der Waals surface area contributed by atoms with Crippen molar-refractivity contribution in [3.8, 4) is 0 Å². The molecule has 2 aromatic rings. The van der Waals surface area contributed by atoms with E-state index in [0.29, 0.717) is 5.56 Å². The lowest BCUT2D eigenvalue weighted by Crippen LogP contribution is -2.54. The van der Waals surface area contributed by atoms with Crippen LogP contribution in [0.5, 0.6) is 0 Å². The number of ether oxygens (including phenoxy) is 1. The highest BCUT2D eigenvalue weighted by Crippen LogP contribution is 2.29. The average Bonchev–Trinajstić information content (AvgIpc) is 2.75. The summed E-state index contributed by atoms with van der Waals surface area (Å²) in [6.45, 7) is 3.31. The number of benzene rings is 2. The number of amides is 2. The van der Waals surface area contributed by atoms with Gasteiger partial charge in [0.15, 0.2) is 0 Å². The van der Waals surface area contributed by atoms with E-state index in [1.165, 1.54) is 0 Å². The number of carbonyl (C=O) groups is 3. The van der Waals surface area contributed by atoms with Gasteiger partial charge in [0.05, 0.1) is 5.56 Å². The van der Waals surface area contributed by atoms with Crippen LogP contribution in [0.3, 0.4) is 0 Å². The molecule has 0 unspecified atom stereocenters. The van der Waals surface area contributed by atoms with Gasteiger partial charge < -0.3 is 20.5 Å². The van der Waals surface area contributed by atoms with E-state index in [-0.39, 0.29) is 13.0 Å². The second kappa shape index (κ2) is 11.3. The SMILES string of the molecule is CC(C)[C@@H](NC(=O)OCc1ccccc1)C(=O)N[C@H](Cc1ccc(C(F)(F)F)cc1)C(=O)O. The normalized spacial score (nSPS) is 13.2. The predicted molar refractivity (Wildman–Crippen MR) is 113 cm³/mol. The molecule has 0 radical (unpaired) electrons. The first-order chi connectivity index (χ1) is 15.5. The molecule has 10 heteroatoms. The van der Waals surface area contributed by atoms with E-state index < -0.39 is 47.7 Å². The molecule has 0 saturated carbocycles. The Bertz CT molecular complexity index is 947. The van der Waals surface area contributed by atoms with Gasteiger partial charge in [-0.2, -0.15) is 13.2 Å². The van der Waals surface area contributed by atoms with Crippen LogP contribution in [-0.4, -0.2) is 35.2 Å². The van der Waals surface area contributed by atoms with Crippen molar-refractivity contribution in [2.45, 2.75) is 45.1 Å². The number of halogens is 3. The van der Waals surface area contributed by atoms with Gasteiger partial charge in [0.2, 0.25) is 5.91 Å². The van der Waals surface area contributed by atoms with E-state index >= 15 is 0 Å². The highest BCUT2D eigenvalue weighted by molar-refractivity contribution is 5.89. The smallest absolute Gasteiger partial charge is 0.416 e. The summed E-state index contributed by atoms with van der Waals surface area (Å²) in [5.74, 6) is -2.51. The van der Waals surface area contributed by atoms with Crippen LogP contribution < -0.4 is 10.6 Å². The number of carboxylic acids is 1. The maximum atomic E-state index is 12.7. The molecule has 178 valence electrons. The number of aliphatic carboxylic acids is 1. The molecule has 0 aliphatic heterocycles. The van der Waals surface area contributed by atoms with Crippen LogP contribution in [0.2, 0.25) is 0 Å². The number of carbonyl (C=O) groups excluding carboxylic acids is 2. The van der Waals surface area contributed by atoms with E-state index in [9.17, 15) is 32.7 Å². The molecule has 3 N–H and O–H groups in total. The van der Waals surface area contributed by atoms with Gasteiger partial charge in [-0.15, -0.1) is 0 Å². The summed E-state index contributed by atoms with van der Waals surface area (Å²) in [6, 6.07) is 10.4. The van der Waals surface area contributed by atoms with Gasteiger partial charge in [0, 0.05) is 6.42 Å². The van der Waals surface area contributed by atoms with Gasteiger partial charge in [-0.3, -0.25) is 4.79 Å². The van der Waals surface area contributed by atoms with E-state index in [4.69, 9.17) is 4.74 Å². The number of nitrogens with one attached hydrogen (secondary N) is 2. The standard InChI is InChI=1S/C23H25F3N2O5/c1-14(2)19(28-22(32)33-13-16-6-4-3-5-7-16)20(29)27-18(21(30)31)12-15-8-10-17(11-9-15)23(24,25)26/h3-11,14,18-19H,12-13H2,1-2H3,(H,27,29)(H,28,32)(H,30,31)/t18-,19-/m1/s1. The topological polar surface area (TPSA) is 105 Å². The summed E-state index contributed by atoms with van der Waals surface area (Å²) in [5.41, 5.74) is 0.188. The molecule has 2 atom stereocenters. The fourth-order valence-corrected chi connectivity index (χ4v) is 2.95. The van der Waals surface area contributed by atoms with Crippen molar-refractivity contribution < 1.29 is 37.4 Å². The molecule has 0 heterocycles. The van der Waals surface area contributed by atoms with Gasteiger partial charge in [-0.25, -0.2) is 9.59 Å². The average molecular weight is 466 g/mol. The van der Waals surface area contributed by atoms with Gasteiger partial charge in [0.1, 0.15) is 18.7 Å². The number of carboxylic acid groups (broad SMARTS) is 1. The Morgan fingerprint density at radius 2 is 1.55 bits per heavy atom. The Morgan fingerprint density at radius 1 is 0.939 bits per heavy atom. The third-order valence-electron chi connectivity index (χ3n) is 4.77. The lowest BCUT2D eigenvalue weighted by Gasteiger charge is -2.24. The summed E-state index contributed by atoms with van der Waals surface area (Å²) in [4.78, 5) is 36.5. The Hall–Kier alpha value is -3.56. The predicted octanol–water partition coefficient (Wildman–Crippen LogP) is 3.77. The minimum atomic E-state index is -4.51. The number of rotatable bonds is 9. The zero-order valence-electron chi connectivity index (χ0n) is 18.1. The van der Waals surface area contributed by atoms with Crippen molar-refractivity contribution >= 4 is 18.0 Å². The molecule has 2 rings (SSSR count). The quantitative estimate of drug-likeness (QED) is 0.522. The first-order valence-corrected chi connectivity index (χ1v) is 10.1. The molecule has 7 nitrogen and oxygen atoms in total. The Morgan fingerprint density at radius 3 is 2.06 bits per heavy atom. The van der Waals surface area contributed by atoms with E-state index in [1.54, 1.807) is 38.1 Å². The molecular formula is C23H25F3N2O5. The largest absolute Gasteiger partial charge is 0.480 e. The maximum Gasteiger partial charge on any atom is 0.416 e. The molecule has 0 saturated heterocycles. The van der Waals surface area contributed by atoms with Gasteiger partial charge in [0.25, 0.3) is 0 Å². The number of alkyl carbamates (subject to hydrolysis) is 1. The van der Waals surface area contributed by atoms with Crippen LogP contribution in [0.4, 0.5) is 18.0 Å². The fourth-order valence-electron chi connectivity index (χ4n) is 2.95. The molecule has 33 heavy (non-hydrogen) atoms. The highest BCUT2D eigenvalue weighted by Gasteiger charge is 2.31. The van der Waals surface area contributed by atoms with Gasteiger partial charge >= 0.3 is 18.2 Å². The highest BCUT2D eigenvalue weighted by atomic mass is 19.4. The molecule has 0 spiro atoms. The molecule has 2 amide bonds. The summed E-state index contributed by atoms with van der Waals surface area (Å²) in [6.07, 6.45) is -5.59. The van der Waals surface area contributed by atoms with Crippen LogP contribution in [0.1, 0.15) is 30.5 Å². The van der Waals surface area contributed by atoms with Crippen molar-refractivity contribution in [2.24, 2.45) is 5.92 Å². The van der Waals surface area contributed by atoms with Crippen LogP contribution in [0.15, 0.2) is 54.6 Å². The Kier molecular flexibility index (Phi) is 8.84. The first-order valence-electron chi connectivity index (χ1n) is 10.1. The van der Waals surface area contributed by atoms with Gasteiger partial charge in [-0.05, 0) is 29.2 Å². The second-order valence-corrected chi connectivity index (χ2v) is 7.73. The van der Waals surface area contributed by atoms with Crippen molar-refractivity contribution in [1.29, 1.82) is 0 Å². The number of hydrogen-bond acceptors (Lipinski definition) is 4. The van der Waals surface area contributed by atoms with Crippen molar-refractivity contribution in [3.05, 3.63) is 71.3 Å². The van der Waals surface area contributed by atoms with Crippen LogP contribution in [-0.2, 0) is 33.5 Å². The van der Waals surface area contributed by atoms with Crippen LogP contribution in [0.25, 0.3) is 0 Å². The zero-order chi connectivity index (χ0) is 24.6. The van der Waals surface area contributed by atoms with Crippen LogP contribution >= 0.6 is 0 Å². The fraction of sp³-hybridized carbons (Fsp3) is 0.348. The van der Waals surface area contributed by atoms with E-state index in [2.05, 4.69) is 10.6 Å². The summed E-state index contributed by atoms with van der Waals surface area (Å²) >= 11 is 0. The Labute approximate surface area is 188 Å². The molecule has 0 bridgehead atoms. The first kappa shape index (κ1) is 25.7. The van der Waals surface area contributed by atoms with Crippen molar-refractivity contribution in [2.75, 3.05) is 0 Å². The molecular weight excluding hydrogens is 441 g/mol. The maximum absolute atomic E-state index is 12.7. The molecule has 0 aliphatic carbocycles. The molecule has 0 aliphatic rings. The van der Waals surface area contributed by atoms with E-state index in [1.807, 2.05) is 6.07 Å².